The molecule has 96 valence electrons. The van der Waals surface area contributed by atoms with Crippen LogP contribution in [-0.4, -0.2) is 22.1 Å². The Morgan fingerprint density at radius 3 is 2.84 bits per heavy atom. The zero-order valence-electron chi connectivity index (χ0n) is 11.0. The molecular formula is C14H15N5. The molecule has 0 atom stereocenters. The quantitative estimate of drug-likeness (QED) is 0.659. The lowest BCUT2D eigenvalue weighted by Gasteiger charge is -2.04. The zero-order chi connectivity index (χ0) is 13.8. The first-order chi connectivity index (χ1) is 9.11. The van der Waals surface area contributed by atoms with Crippen LogP contribution < -0.4 is 5.73 Å². The Bertz CT molecular complexity index is 686. The van der Waals surface area contributed by atoms with Crippen LogP contribution in [0, 0.1) is 13.8 Å². The van der Waals surface area contributed by atoms with Gasteiger partial charge in [0.1, 0.15) is 0 Å². The molecule has 5 heteroatoms. The van der Waals surface area contributed by atoms with Gasteiger partial charge in [-0.25, -0.2) is 15.0 Å². The third-order valence-corrected chi connectivity index (χ3v) is 2.63. The summed E-state index contributed by atoms with van der Waals surface area (Å²) >= 11 is 0. The molecule has 0 bridgehead atoms. The van der Waals surface area contributed by atoms with Gasteiger partial charge in [0.2, 0.25) is 5.96 Å². The van der Waals surface area contributed by atoms with Gasteiger partial charge >= 0.3 is 0 Å². The summed E-state index contributed by atoms with van der Waals surface area (Å²) in [6.45, 7) is 7.44. The van der Waals surface area contributed by atoms with Gasteiger partial charge in [-0.15, -0.1) is 0 Å². The van der Waals surface area contributed by atoms with Crippen LogP contribution in [0.4, 0.5) is 5.95 Å². The van der Waals surface area contributed by atoms with Gasteiger partial charge in [-0.05, 0) is 19.4 Å². The van der Waals surface area contributed by atoms with Gasteiger partial charge in [0.15, 0.2) is 0 Å². The van der Waals surface area contributed by atoms with Crippen LogP contribution in [0.25, 0.3) is 10.9 Å². The molecule has 1 aromatic heterocycles. The lowest BCUT2D eigenvalue weighted by atomic mass is 10.1. The standard InChI is InChI=1S/C14H15N5/c1-4-8-16-13(15)19-14-17-10(3)11-7-5-6-9(2)12(11)18-14/h4-8H,1H2,2-3H3,(H2,15,17,18,19)/b16-8+. The number of para-hydroxylation sites is 1. The summed E-state index contributed by atoms with van der Waals surface area (Å²) in [4.78, 5) is 16.7. The van der Waals surface area contributed by atoms with Gasteiger partial charge in [0.05, 0.1) is 11.2 Å². The topological polar surface area (TPSA) is 76.5 Å². The van der Waals surface area contributed by atoms with E-state index in [1.54, 1.807) is 0 Å². The highest BCUT2D eigenvalue weighted by Crippen LogP contribution is 2.21. The van der Waals surface area contributed by atoms with Gasteiger partial charge in [-0.3, -0.25) is 0 Å². The molecule has 2 aromatic rings. The first-order valence-corrected chi connectivity index (χ1v) is 5.85. The monoisotopic (exact) mass is 253 g/mol. The van der Waals surface area contributed by atoms with Gasteiger partial charge in [0, 0.05) is 11.6 Å². The van der Waals surface area contributed by atoms with Crippen molar-refractivity contribution in [2.75, 3.05) is 0 Å². The van der Waals surface area contributed by atoms with Crippen LogP contribution in [-0.2, 0) is 0 Å². The SMILES string of the molecule is C=C/C=N/C(N)=N\c1nc(C)c2cccc(C)c2n1. The average molecular weight is 253 g/mol. The highest BCUT2D eigenvalue weighted by Gasteiger charge is 2.05. The van der Waals surface area contributed by atoms with Crippen molar-refractivity contribution in [2.45, 2.75) is 13.8 Å². The van der Waals surface area contributed by atoms with E-state index in [9.17, 15) is 0 Å². The second kappa shape index (κ2) is 5.39. The maximum absolute atomic E-state index is 5.65. The fraction of sp³-hybridized carbons (Fsp3) is 0.143. The Morgan fingerprint density at radius 2 is 2.11 bits per heavy atom. The van der Waals surface area contributed by atoms with Crippen LogP contribution in [0.3, 0.4) is 0 Å². The molecule has 0 aliphatic heterocycles. The second-order valence-corrected chi connectivity index (χ2v) is 4.06. The lowest BCUT2D eigenvalue weighted by molar-refractivity contribution is 1.11. The molecule has 0 aliphatic carbocycles. The van der Waals surface area contributed by atoms with Gasteiger partial charge in [-0.2, -0.15) is 4.99 Å². The van der Waals surface area contributed by atoms with Gasteiger partial charge < -0.3 is 5.73 Å². The van der Waals surface area contributed by atoms with Crippen molar-refractivity contribution in [1.29, 1.82) is 0 Å². The summed E-state index contributed by atoms with van der Waals surface area (Å²) < 4.78 is 0. The minimum absolute atomic E-state index is 0.104. The fourth-order valence-corrected chi connectivity index (χ4v) is 1.74. The summed E-state index contributed by atoms with van der Waals surface area (Å²) in [6.07, 6.45) is 3.00. The average Bonchev–Trinajstić information content (AvgIpc) is 2.38. The Kier molecular flexibility index (Phi) is 3.66. The van der Waals surface area contributed by atoms with Crippen molar-refractivity contribution in [3.63, 3.8) is 0 Å². The van der Waals surface area contributed by atoms with E-state index in [-0.39, 0.29) is 5.96 Å². The number of guanidine groups is 1. The number of rotatable bonds is 2. The van der Waals surface area contributed by atoms with Crippen molar-refractivity contribution >= 4 is 29.0 Å². The largest absolute Gasteiger partial charge is 0.368 e. The minimum Gasteiger partial charge on any atom is -0.368 e. The Hall–Kier alpha value is -2.56. The molecular weight excluding hydrogens is 238 g/mol. The van der Waals surface area contributed by atoms with Crippen molar-refractivity contribution in [1.82, 2.24) is 9.97 Å². The Balaban J connectivity index is 2.54. The van der Waals surface area contributed by atoms with Gasteiger partial charge in [-0.1, -0.05) is 30.9 Å². The summed E-state index contributed by atoms with van der Waals surface area (Å²) in [7, 11) is 0. The van der Waals surface area contributed by atoms with Crippen LogP contribution in [0.15, 0.2) is 40.8 Å². The van der Waals surface area contributed by atoms with Crippen molar-refractivity contribution < 1.29 is 0 Å². The molecule has 0 fully saturated rings. The van der Waals surface area contributed by atoms with Crippen molar-refractivity contribution in [2.24, 2.45) is 15.7 Å². The highest BCUT2D eigenvalue weighted by atomic mass is 15.1. The number of benzene rings is 1. The normalized spacial score (nSPS) is 12.2. The third kappa shape index (κ3) is 2.82. The molecule has 5 nitrogen and oxygen atoms in total. The van der Waals surface area contributed by atoms with Crippen LogP contribution >= 0.6 is 0 Å². The fourth-order valence-electron chi connectivity index (χ4n) is 1.74. The molecule has 0 unspecified atom stereocenters. The number of nitrogens with two attached hydrogens (primary N) is 1. The molecule has 2 rings (SSSR count). The number of nitrogens with zero attached hydrogens (tertiary/aromatic N) is 4. The van der Waals surface area contributed by atoms with E-state index in [1.807, 2.05) is 32.0 Å². The second-order valence-electron chi connectivity index (χ2n) is 4.06. The molecule has 0 aliphatic rings. The predicted molar refractivity (Wildman–Crippen MR) is 79.0 cm³/mol. The lowest BCUT2D eigenvalue weighted by Crippen LogP contribution is -2.08. The van der Waals surface area contributed by atoms with E-state index in [2.05, 4.69) is 26.5 Å². The molecule has 0 spiro atoms. The van der Waals surface area contributed by atoms with Crippen LogP contribution in [0.2, 0.25) is 0 Å². The predicted octanol–water partition coefficient (Wildman–Crippen LogP) is 2.45. The van der Waals surface area contributed by atoms with E-state index < -0.39 is 0 Å². The number of allylic oxidation sites excluding steroid dienone is 1. The van der Waals surface area contributed by atoms with E-state index in [4.69, 9.17) is 5.73 Å². The minimum atomic E-state index is 0.104. The van der Waals surface area contributed by atoms with Crippen molar-refractivity contribution in [3.8, 4) is 0 Å². The first kappa shape index (κ1) is 12.9. The summed E-state index contributed by atoms with van der Waals surface area (Å²) in [5.74, 6) is 0.422. The molecule has 1 heterocycles. The zero-order valence-corrected chi connectivity index (χ0v) is 11.0. The van der Waals surface area contributed by atoms with E-state index in [1.165, 1.54) is 12.3 Å². The summed E-state index contributed by atoms with van der Waals surface area (Å²) in [5, 5.41) is 1.02. The number of fused-ring (bicyclic) bond motifs is 1. The number of aryl methyl sites for hydroxylation is 2. The van der Waals surface area contributed by atoms with E-state index >= 15 is 0 Å². The Labute approximate surface area is 111 Å². The van der Waals surface area contributed by atoms with E-state index in [0.29, 0.717) is 5.95 Å². The molecule has 2 N–H and O–H groups in total. The maximum Gasteiger partial charge on any atom is 0.253 e. The first-order valence-electron chi connectivity index (χ1n) is 5.85. The molecule has 1 aromatic carbocycles. The smallest absolute Gasteiger partial charge is 0.253 e. The van der Waals surface area contributed by atoms with Crippen LogP contribution in [0.5, 0.6) is 0 Å². The third-order valence-electron chi connectivity index (χ3n) is 2.63. The molecule has 19 heavy (non-hydrogen) atoms. The highest BCUT2D eigenvalue weighted by molar-refractivity contribution is 5.91. The Morgan fingerprint density at radius 1 is 1.32 bits per heavy atom. The van der Waals surface area contributed by atoms with Crippen LogP contribution in [0.1, 0.15) is 11.3 Å². The molecule has 0 saturated heterocycles. The molecule has 0 amide bonds. The number of hydrogen-bond donors (Lipinski definition) is 1. The van der Waals surface area contributed by atoms with E-state index in [0.717, 1.165) is 22.2 Å². The number of hydrogen-bond acceptors (Lipinski definition) is 3. The number of aliphatic imine (C=N–C) groups is 2. The summed E-state index contributed by atoms with van der Waals surface area (Å²) in [5.41, 5.74) is 8.48. The molecule has 0 radical (unpaired) electrons. The number of aromatic nitrogens is 2. The van der Waals surface area contributed by atoms with Gasteiger partial charge in [0.25, 0.3) is 5.95 Å². The summed E-state index contributed by atoms with van der Waals surface area (Å²) in [6, 6.07) is 5.98. The van der Waals surface area contributed by atoms with Crippen molar-refractivity contribution in [3.05, 3.63) is 42.1 Å². The molecule has 0 saturated carbocycles. The maximum atomic E-state index is 5.65.